The summed E-state index contributed by atoms with van der Waals surface area (Å²) in [5.74, 6) is 1.23. The maximum absolute atomic E-state index is 16.6. The lowest BCUT2D eigenvalue weighted by atomic mass is 9.49. The van der Waals surface area contributed by atoms with E-state index in [1.807, 2.05) is 13.0 Å². The van der Waals surface area contributed by atoms with Crippen LogP contribution in [0, 0.1) is 46.3 Å². The lowest BCUT2D eigenvalue weighted by molar-refractivity contribution is -0.135. The standard InChI is InChI=1S/C26H36FN3O/c1-4-6-19-7-8-20-21-9-10-23(24(31)17-30-16-18(14-28)15-29-30)25(21,3)13-11-22(20)26(19,27)12-5-2/h4,6,15-16,19-23H,5,7-13,17H2,1-3H3/b6-4+/t19-,20-,21?,22?,23+,25-,26+/m0/s1. The smallest absolute Gasteiger partial charge is 0.157 e. The number of allylic oxidation sites excluding steroid dienone is 2. The molecule has 1 aromatic heterocycles. The highest BCUT2D eigenvalue weighted by Gasteiger charge is 2.61. The highest BCUT2D eigenvalue weighted by Crippen LogP contribution is 2.65. The Hall–Kier alpha value is -1.96. The van der Waals surface area contributed by atoms with Crippen LogP contribution in [-0.2, 0) is 11.3 Å². The Kier molecular flexibility index (Phi) is 6.12. The Balaban J connectivity index is 1.54. The fourth-order valence-corrected chi connectivity index (χ4v) is 7.72. The van der Waals surface area contributed by atoms with Crippen molar-refractivity contribution in [2.75, 3.05) is 0 Å². The van der Waals surface area contributed by atoms with Crippen molar-refractivity contribution in [3.05, 3.63) is 30.1 Å². The van der Waals surface area contributed by atoms with E-state index in [0.29, 0.717) is 23.8 Å². The normalized spacial score (nSPS) is 39.8. The first-order chi connectivity index (χ1) is 14.9. The van der Waals surface area contributed by atoms with E-state index in [4.69, 9.17) is 5.26 Å². The number of carbonyl (C=O) groups is 1. The molecule has 0 amide bonds. The summed E-state index contributed by atoms with van der Waals surface area (Å²) in [7, 11) is 0. The van der Waals surface area contributed by atoms with Crippen LogP contribution >= 0.6 is 0 Å². The summed E-state index contributed by atoms with van der Waals surface area (Å²) in [4.78, 5) is 13.3. The molecule has 31 heavy (non-hydrogen) atoms. The minimum Gasteiger partial charge on any atom is -0.297 e. The second-order valence-electron chi connectivity index (χ2n) is 10.4. The van der Waals surface area contributed by atoms with E-state index in [0.717, 1.165) is 44.9 Å². The molecule has 3 aliphatic carbocycles. The fourth-order valence-electron chi connectivity index (χ4n) is 7.72. The monoisotopic (exact) mass is 425 g/mol. The number of nitriles is 1. The van der Waals surface area contributed by atoms with Gasteiger partial charge in [-0.05, 0) is 75.0 Å². The van der Waals surface area contributed by atoms with Crippen LogP contribution in [0.25, 0.3) is 0 Å². The second kappa shape index (κ2) is 8.52. The second-order valence-corrected chi connectivity index (χ2v) is 10.4. The number of hydrogen-bond acceptors (Lipinski definition) is 3. The minimum absolute atomic E-state index is 0.0154. The number of Topliss-reactive ketones (excluding diaryl/α,β-unsaturated/α-hetero) is 1. The summed E-state index contributed by atoms with van der Waals surface area (Å²) < 4.78 is 18.2. The maximum atomic E-state index is 16.6. The number of fused-ring (bicyclic) bond motifs is 3. The van der Waals surface area contributed by atoms with Crippen LogP contribution in [0.5, 0.6) is 0 Å². The molecule has 0 saturated heterocycles. The van der Waals surface area contributed by atoms with Crippen molar-refractivity contribution in [1.82, 2.24) is 9.78 Å². The number of nitrogens with zero attached hydrogens (tertiary/aromatic N) is 3. The molecular weight excluding hydrogens is 389 g/mol. The zero-order valence-electron chi connectivity index (χ0n) is 19.2. The molecule has 2 unspecified atom stereocenters. The Morgan fingerprint density at radius 3 is 2.81 bits per heavy atom. The quantitative estimate of drug-likeness (QED) is 0.535. The predicted molar refractivity (Wildman–Crippen MR) is 119 cm³/mol. The van der Waals surface area contributed by atoms with Crippen molar-refractivity contribution in [2.24, 2.45) is 35.0 Å². The van der Waals surface area contributed by atoms with Gasteiger partial charge < -0.3 is 0 Å². The summed E-state index contributed by atoms with van der Waals surface area (Å²) in [6.07, 6.45) is 14.6. The van der Waals surface area contributed by atoms with E-state index in [1.54, 1.807) is 10.9 Å². The van der Waals surface area contributed by atoms with Crippen LogP contribution in [0.4, 0.5) is 4.39 Å². The zero-order chi connectivity index (χ0) is 22.2. The molecule has 0 aliphatic heterocycles. The van der Waals surface area contributed by atoms with Crippen LogP contribution < -0.4 is 0 Å². The van der Waals surface area contributed by atoms with Crippen LogP contribution in [-0.4, -0.2) is 21.2 Å². The Morgan fingerprint density at radius 2 is 2.13 bits per heavy atom. The molecule has 7 atom stereocenters. The number of ketones is 1. The Labute approximate surface area is 185 Å². The largest absolute Gasteiger partial charge is 0.297 e. The van der Waals surface area contributed by atoms with Gasteiger partial charge in [0.15, 0.2) is 5.78 Å². The van der Waals surface area contributed by atoms with Crippen LogP contribution in [0.3, 0.4) is 0 Å². The van der Waals surface area contributed by atoms with Crippen molar-refractivity contribution in [3.63, 3.8) is 0 Å². The van der Waals surface area contributed by atoms with Crippen molar-refractivity contribution in [3.8, 4) is 6.07 Å². The van der Waals surface area contributed by atoms with Gasteiger partial charge in [0.2, 0.25) is 0 Å². The SMILES string of the molecule is C/C=C/[C@H]1CC[C@H]2C3CC[C@H](C(=O)Cn4cc(C#N)cn4)[C@@]3(C)CCC2[C@@]1(F)CCC. The summed E-state index contributed by atoms with van der Waals surface area (Å²) >= 11 is 0. The molecule has 0 bridgehead atoms. The third kappa shape index (κ3) is 3.66. The molecule has 1 heterocycles. The Morgan fingerprint density at radius 1 is 1.32 bits per heavy atom. The van der Waals surface area contributed by atoms with E-state index in [2.05, 4.69) is 31.1 Å². The zero-order valence-corrected chi connectivity index (χ0v) is 19.2. The highest BCUT2D eigenvalue weighted by molar-refractivity contribution is 5.82. The number of alkyl halides is 1. The van der Waals surface area contributed by atoms with Gasteiger partial charge in [0.05, 0.1) is 18.3 Å². The van der Waals surface area contributed by atoms with Gasteiger partial charge in [-0.25, -0.2) is 4.39 Å². The molecule has 3 fully saturated rings. The third-order valence-corrected chi connectivity index (χ3v) is 9.01. The Bertz CT molecular complexity index is 885. The molecule has 0 aromatic carbocycles. The molecule has 3 saturated carbocycles. The molecule has 5 heteroatoms. The lowest BCUT2D eigenvalue weighted by Gasteiger charge is -2.56. The highest BCUT2D eigenvalue weighted by atomic mass is 19.1. The number of halogens is 1. The topological polar surface area (TPSA) is 58.7 Å². The summed E-state index contributed by atoms with van der Waals surface area (Å²) in [6, 6.07) is 2.07. The summed E-state index contributed by atoms with van der Waals surface area (Å²) in [5, 5.41) is 13.2. The molecule has 0 spiro atoms. The summed E-state index contributed by atoms with van der Waals surface area (Å²) in [5.41, 5.74) is -0.655. The average molecular weight is 426 g/mol. The van der Waals surface area contributed by atoms with Crippen molar-refractivity contribution >= 4 is 5.78 Å². The molecule has 4 nitrogen and oxygen atoms in total. The van der Waals surface area contributed by atoms with Crippen LogP contribution in [0.1, 0.15) is 77.7 Å². The summed E-state index contributed by atoms with van der Waals surface area (Å²) in [6.45, 7) is 6.63. The molecule has 3 aliphatic rings. The van der Waals surface area contributed by atoms with Gasteiger partial charge >= 0.3 is 0 Å². The van der Waals surface area contributed by atoms with Gasteiger partial charge in [-0.3, -0.25) is 9.48 Å². The minimum atomic E-state index is -1.10. The predicted octanol–water partition coefficient (Wildman–Crippen LogP) is 5.88. The number of rotatable bonds is 6. The fraction of sp³-hybridized carbons (Fsp3) is 0.731. The number of aromatic nitrogens is 2. The molecular formula is C26H36FN3O. The van der Waals surface area contributed by atoms with E-state index in [9.17, 15) is 4.79 Å². The lowest BCUT2D eigenvalue weighted by Crippen LogP contribution is -2.55. The van der Waals surface area contributed by atoms with E-state index < -0.39 is 5.67 Å². The molecule has 1 aromatic rings. The number of hydrogen-bond donors (Lipinski definition) is 0. The van der Waals surface area contributed by atoms with Gasteiger partial charge in [-0.1, -0.05) is 32.4 Å². The van der Waals surface area contributed by atoms with E-state index in [-0.39, 0.29) is 35.5 Å². The molecule has 168 valence electrons. The van der Waals surface area contributed by atoms with Gasteiger partial charge in [0.25, 0.3) is 0 Å². The van der Waals surface area contributed by atoms with E-state index >= 15 is 4.39 Å². The first-order valence-corrected chi connectivity index (χ1v) is 12.1. The molecule has 0 N–H and O–H groups in total. The van der Waals surface area contributed by atoms with Gasteiger partial charge in [0.1, 0.15) is 11.7 Å². The first kappa shape index (κ1) is 22.2. The van der Waals surface area contributed by atoms with Crippen molar-refractivity contribution in [1.29, 1.82) is 5.26 Å². The first-order valence-electron chi connectivity index (χ1n) is 12.1. The van der Waals surface area contributed by atoms with Gasteiger partial charge in [-0.2, -0.15) is 10.4 Å². The van der Waals surface area contributed by atoms with Crippen LogP contribution in [0.15, 0.2) is 24.5 Å². The molecule has 4 rings (SSSR count). The third-order valence-electron chi connectivity index (χ3n) is 9.01. The maximum Gasteiger partial charge on any atom is 0.157 e. The van der Waals surface area contributed by atoms with Gasteiger partial charge in [0, 0.05) is 18.0 Å². The average Bonchev–Trinajstić information content (AvgIpc) is 3.34. The van der Waals surface area contributed by atoms with Crippen molar-refractivity contribution in [2.45, 2.75) is 84.4 Å². The van der Waals surface area contributed by atoms with E-state index in [1.165, 1.54) is 6.20 Å². The van der Waals surface area contributed by atoms with Crippen LogP contribution in [0.2, 0.25) is 0 Å². The molecule has 0 radical (unpaired) electrons. The van der Waals surface area contributed by atoms with Crippen molar-refractivity contribution < 1.29 is 9.18 Å². The van der Waals surface area contributed by atoms with Gasteiger partial charge in [-0.15, -0.1) is 0 Å². The number of carbonyl (C=O) groups excluding carboxylic acids is 1.